The first kappa shape index (κ1) is 21.2. The van der Waals surface area contributed by atoms with E-state index < -0.39 is 22.2 Å². The van der Waals surface area contributed by atoms with E-state index in [-0.39, 0.29) is 5.92 Å². The molecular formula is C23H33F2NO2. The number of nitrogens with zero attached hydrogens (tertiary/aromatic N) is 1. The van der Waals surface area contributed by atoms with E-state index in [0.29, 0.717) is 5.56 Å². The van der Waals surface area contributed by atoms with Crippen LogP contribution in [-0.4, -0.2) is 4.92 Å². The van der Waals surface area contributed by atoms with Crippen LogP contribution in [0.4, 0.5) is 14.5 Å². The molecule has 1 aromatic rings. The predicted molar refractivity (Wildman–Crippen MR) is 107 cm³/mol. The lowest BCUT2D eigenvalue weighted by molar-refractivity contribution is -0.390. The number of unbranched alkanes of at least 4 members (excludes halogenated alkanes) is 2. The highest BCUT2D eigenvalue weighted by atomic mass is 19.1. The zero-order valence-electron chi connectivity index (χ0n) is 17.0. The second-order valence-electron chi connectivity index (χ2n) is 8.98. The zero-order chi connectivity index (χ0) is 20.1. The monoisotopic (exact) mass is 393 g/mol. The summed E-state index contributed by atoms with van der Waals surface area (Å²) in [7, 11) is 0. The molecule has 3 nitrogen and oxygen atoms in total. The minimum absolute atomic E-state index is 0.117. The molecule has 0 amide bonds. The van der Waals surface area contributed by atoms with Crippen molar-refractivity contribution in [1.29, 1.82) is 0 Å². The third-order valence-electron chi connectivity index (χ3n) is 7.24. The largest absolute Gasteiger partial charge is 0.340 e. The summed E-state index contributed by atoms with van der Waals surface area (Å²) in [5, 5.41) is 10.8. The minimum Gasteiger partial charge on any atom is -0.258 e. The van der Waals surface area contributed by atoms with Gasteiger partial charge in [-0.1, -0.05) is 45.4 Å². The molecule has 156 valence electrons. The van der Waals surface area contributed by atoms with Crippen LogP contribution >= 0.6 is 0 Å². The van der Waals surface area contributed by atoms with Crippen molar-refractivity contribution in [1.82, 2.24) is 0 Å². The van der Waals surface area contributed by atoms with Crippen LogP contribution in [-0.2, 0) is 0 Å². The normalized spacial score (nSPS) is 28.2. The fourth-order valence-electron chi connectivity index (χ4n) is 5.55. The van der Waals surface area contributed by atoms with Crippen molar-refractivity contribution in [3.05, 3.63) is 39.4 Å². The van der Waals surface area contributed by atoms with Crippen molar-refractivity contribution in [2.45, 2.75) is 89.9 Å². The number of hydrogen-bond acceptors (Lipinski definition) is 2. The maximum absolute atomic E-state index is 14.0. The Hall–Kier alpha value is -1.52. The van der Waals surface area contributed by atoms with E-state index in [1.165, 1.54) is 63.5 Å². The first-order chi connectivity index (χ1) is 13.5. The Morgan fingerprint density at radius 1 is 0.929 bits per heavy atom. The Labute approximate surface area is 167 Å². The fraction of sp³-hybridized carbons (Fsp3) is 0.739. The molecule has 0 heterocycles. The van der Waals surface area contributed by atoms with Crippen molar-refractivity contribution in [2.24, 2.45) is 17.8 Å². The van der Waals surface area contributed by atoms with Gasteiger partial charge in [0.05, 0.1) is 4.92 Å². The van der Waals surface area contributed by atoms with Gasteiger partial charge in [-0.05, 0) is 79.9 Å². The minimum atomic E-state index is -1.05. The second kappa shape index (κ2) is 9.80. The van der Waals surface area contributed by atoms with Gasteiger partial charge in [0, 0.05) is 0 Å². The molecule has 5 heteroatoms. The smallest absolute Gasteiger partial charge is 0.258 e. The molecule has 0 atom stereocenters. The number of benzene rings is 1. The van der Waals surface area contributed by atoms with Crippen LogP contribution in [0.2, 0.25) is 0 Å². The second-order valence-corrected chi connectivity index (χ2v) is 8.98. The van der Waals surface area contributed by atoms with Crippen molar-refractivity contribution >= 4 is 5.69 Å². The molecule has 3 rings (SSSR count). The Balaban J connectivity index is 1.49. The summed E-state index contributed by atoms with van der Waals surface area (Å²) in [4.78, 5) is 9.79. The van der Waals surface area contributed by atoms with Gasteiger partial charge in [-0.25, -0.2) is 0 Å². The van der Waals surface area contributed by atoms with E-state index in [0.717, 1.165) is 43.4 Å². The average molecular weight is 394 g/mol. The molecule has 2 saturated carbocycles. The van der Waals surface area contributed by atoms with Crippen LogP contribution in [0.15, 0.2) is 12.1 Å². The summed E-state index contributed by atoms with van der Waals surface area (Å²) in [6.45, 7) is 2.26. The highest BCUT2D eigenvalue weighted by molar-refractivity contribution is 5.38. The van der Waals surface area contributed by atoms with Gasteiger partial charge in [-0.3, -0.25) is 10.1 Å². The third-order valence-corrected chi connectivity index (χ3v) is 7.24. The number of nitro benzene ring substituents is 1. The van der Waals surface area contributed by atoms with Gasteiger partial charge in [0.1, 0.15) is 0 Å². The van der Waals surface area contributed by atoms with Crippen LogP contribution < -0.4 is 0 Å². The van der Waals surface area contributed by atoms with E-state index in [1.807, 2.05) is 0 Å². The molecule has 1 aromatic carbocycles. The number of rotatable bonds is 7. The standard InChI is InChI=1S/C23H33F2NO2/c1-2-3-4-5-16-6-8-17(9-7-16)18-10-12-19(13-11-18)20-14-21(24)23(26(27)28)22(25)15-20/h14-19H,2-13H2,1H3. The predicted octanol–water partition coefficient (Wildman–Crippen LogP) is 7.53. The Kier molecular flexibility index (Phi) is 7.42. The molecular weight excluding hydrogens is 360 g/mol. The zero-order valence-corrected chi connectivity index (χ0v) is 17.0. The van der Waals surface area contributed by atoms with Crippen molar-refractivity contribution in [2.75, 3.05) is 0 Å². The van der Waals surface area contributed by atoms with Gasteiger partial charge in [0.15, 0.2) is 0 Å². The summed E-state index contributed by atoms with van der Waals surface area (Å²) in [6, 6.07) is 2.35. The maximum atomic E-state index is 14.0. The molecule has 2 aliphatic carbocycles. The summed E-state index contributed by atoms with van der Waals surface area (Å²) in [5.74, 6) is 0.484. The first-order valence-corrected chi connectivity index (χ1v) is 11.1. The molecule has 0 aromatic heterocycles. The molecule has 0 radical (unpaired) electrons. The molecule has 28 heavy (non-hydrogen) atoms. The van der Waals surface area contributed by atoms with Gasteiger partial charge >= 0.3 is 5.69 Å². The Morgan fingerprint density at radius 2 is 1.46 bits per heavy atom. The van der Waals surface area contributed by atoms with E-state index >= 15 is 0 Å². The lowest BCUT2D eigenvalue weighted by atomic mass is 9.68. The number of halogens is 2. The molecule has 0 saturated heterocycles. The Morgan fingerprint density at radius 3 is 1.96 bits per heavy atom. The molecule has 0 N–H and O–H groups in total. The van der Waals surface area contributed by atoms with Gasteiger partial charge in [-0.2, -0.15) is 8.78 Å². The van der Waals surface area contributed by atoms with Crippen LogP contribution in [0.3, 0.4) is 0 Å². The summed E-state index contributed by atoms with van der Waals surface area (Å²) in [6.07, 6.45) is 14.9. The third kappa shape index (κ3) is 5.09. The molecule has 0 unspecified atom stereocenters. The summed E-state index contributed by atoms with van der Waals surface area (Å²) in [5.41, 5.74) is -0.452. The Bertz CT molecular complexity index is 640. The van der Waals surface area contributed by atoms with Crippen LogP contribution in [0, 0.1) is 39.5 Å². The van der Waals surface area contributed by atoms with Gasteiger partial charge in [0.2, 0.25) is 11.6 Å². The maximum Gasteiger partial charge on any atom is 0.340 e. The topological polar surface area (TPSA) is 43.1 Å². The fourth-order valence-corrected chi connectivity index (χ4v) is 5.55. The van der Waals surface area contributed by atoms with Crippen molar-refractivity contribution < 1.29 is 13.7 Å². The quantitative estimate of drug-likeness (QED) is 0.273. The van der Waals surface area contributed by atoms with Crippen LogP contribution in [0.25, 0.3) is 0 Å². The van der Waals surface area contributed by atoms with Crippen molar-refractivity contribution in [3.8, 4) is 0 Å². The summed E-state index contributed by atoms with van der Waals surface area (Å²) >= 11 is 0. The van der Waals surface area contributed by atoms with Crippen LogP contribution in [0.5, 0.6) is 0 Å². The molecule has 2 fully saturated rings. The van der Waals surface area contributed by atoms with Gasteiger partial charge in [-0.15, -0.1) is 0 Å². The molecule has 0 spiro atoms. The molecule has 0 aliphatic heterocycles. The van der Waals surface area contributed by atoms with Gasteiger partial charge < -0.3 is 0 Å². The van der Waals surface area contributed by atoms with E-state index in [2.05, 4.69) is 6.92 Å². The molecule has 0 bridgehead atoms. The lowest BCUT2D eigenvalue weighted by Gasteiger charge is -2.38. The lowest BCUT2D eigenvalue weighted by Crippen LogP contribution is -2.25. The highest BCUT2D eigenvalue weighted by Gasteiger charge is 2.32. The first-order valence-electron chi connectivity index (χ1n) is 11.1. The highest BCUT2D eigenvalue weighted by Crippen LogP contribution is 2.45. The number of nitro groups is 1. The molecule has 2 aliphatic rings. The number of hydrogen-bond donors (Lipinski definition) is 0. The van der Waals surface area contributed by atoms with E-state index in [9.17, 15) is 18.9 Å². The van der Waals surface area contributed by atoms with E-state index in [4.69, 9.17) is 0 Å². The van der Waals surface area contributed by atoms with Crippen molar-refractivity contribution in [3.63, 3.8) is 0 Å². The summed E-state index contributed by atoms with van der Waals surface area (Å²) < 4.78 is 27.9. The SMILES string of the molecule is CCCCCC1CCC(C2CCC(c3cc(F)c([N+](=O)[O-])c(F)c3)CC2)CC1. The van der Waals surface area contributed by atoms with Gasteiger partial charge in [0.25, 0.3) is 0 Å². The van der Waals surface area contributed by atoms with E-state index in [1.54, 1.807) is 0 Å². The van der Waals surface area contributed by atoms with Crippen LogP contribution in [0.1, 0.15) is 95.5 Å². The average Bonchev–Trinajstić information content (AvgIpc) is 2.68.